The maximum atomic E-state index is 12.5. The van der Waals surface area contributed by atoms with Gasteiger partial charge in [-0.05, 0) is 41.8 Å². The monoisotopic (exact) mass is 379 g/mol. The van der Waals surface area contributed by atoms with Crippen LogP contribution in [0, 0.1) is 0 Å². The molecule has 3 aromatic rings. The summed E-state index contributed by atoms with van der Waals surface area (Å²) in [5.74, 6) is 1.42. The highest BCUT2D eigenvalue weighted by atomic mass is 16.5. The summed E-state index contributed by atoms with van der Waals surface area (Å²) in [6, 6.07) is 15.6. The van der Waals surface area contributed by atoms with Crippen LogP contribution >= 0.6 is 0 Å². The molecule has 1 heterocycles. The highest BCUT2D eigenvalue weighted by Crippen LogP contribution is 2.28. The average molecular weight is 379 g/mol. The van der Waals surface area contributed by atoms with Gasteiger partial charge < -0.3 is 14.4 Å². The molecule has 0 atom stereocenters. The molecule has 1 amide bonds. The van der Waals surface area contributed by atoms with Crippen LogP contribution in [0.2, 0.25) is 0 Å². The molecule has 0 fully saturated rings. The van der Waals surface area contributed by atoms with Crippen LogP contribution in [-0.4, -0.2) is 41.9 Å². The molecule has 146 valence electrons. The van der Waals surface area contributed by atoms with Gasteiger partial charge in [-0.15, -0.1) is 0 Å². The van der Waals surface area contributed by atoms with Crippen molar-refractivity contribution in [1.29, 1.82) is 0 Å². The third-order valence-electron chi connectivity index (χ3n) is 4.58. The predicted molar refractivity (Wildman–Crippen MR) is 108 cm³/mol. The highest BCUT2D eigenvalue weighted by Gasteiger charge is 2.12. The Morgan fingerprint density at radius 1 is 1.04 bits per heavy atom. The number of ether oxygens (including phenoxy) is 2. The van der Waals surface area contributed by atoms with Crippen LogP contribution in [-0.2, 0) is 17.8 Å². The third kappa shape index (κ3) is 4.71. The van der Waals surface area contributed by atoms with E-state index >= 15 is 0 Å². The minimum absolute atomic E-state index is 0.0854. The van der Waals surface area contributed by atoms with Gasteiger partial charge in [0.15, 0.2) is 11.5 Å². The Morgan fingerprint density at radius 2 is 1.79 bits per heavy atom. The number of para-hydroxylation sites is 1. The zero-order valence-corrected chi connectivity index (χ0v) is 16.5. The van der Waals surface area contributed by atoms with E-state index in [1.165, 1.54) is 0 Å². The van der Waals surface area contributed by atoms with Gasteiger partial charge in [0.2, 0.25) is 5.91 Å². The lowest BCUT2D eigenvalue weighted by Gasteiger charge is -2.18. The molecular weight excluding hydrogens is 354 g/mol. The molecular formula is C22H25N3O3. The number of aryl methyl sites for hydroxylation is 1. The van der Waals surface area contributed by atoms with E-state index in [-0.39, 0.29) is 5.91 Å². The first-order valence-electron chi connectivity index (χ1n) is 9.14. The third-order valence-corrected chi connectivity index (χ3v) is 4.58. The summed E-state index contributed by atoms with van der Waals surface area (Å²) in [4.78, 5) is 14.2. The first-order chi connectivity index (χ1) is 13.6. The van der Waals surface area contributed by atoms with Crippen molar-refractivity contribution >= 4 is 5.91 Å². The molecule has 0 bridgehead atoms. The van der Waals surface area contributed by atoms with E-state index in [1.807, 2.05) is 72.7 Å². The summed E-state index contributed by atoms with van der Waals surface area (Å²) in [7, 11) is 5.02. The molecule has 1 aromatic heterocycles. The summed E-state index contributed by atoms with van der Waals surface area (Å²) < 4.78 is 12.4. The van der Waals surface area contributed by atoms with Crippen molar-refractivity contribution in [2.24, 2.45) is 0 Å². The highest BCUT2D eigenvalue weighted by molar-refractivity contribution is 5.76. The number of hydrogen-bond acceptors (Lipinski definition) is 4. The molecule has 0 spiro atoms. The zero-order valence-electron chi connectivity index (χ0n) is 16.5. The smallest absolute Gasteiger partial charge is 0.222 e. The zero-order chi connectivity index (χ0) is 19.9. The lowest BCUT2D eigenvalue weighted by atomic mass is 10.1. The molecule has 0 unspecified atom stereocenters. The second kappa shape index (κ2) is 9.08. The fourth-order valence-electron chi connectivity index (χ4n) is 2.99. The maximum absolute atomic E-state index is 12.5. The van der Waals surface area contributed by atoms with Crippen molar-refractivity contribution in [1.82, 2.24) is 14.7 Å². The molecule has 0 saturated carbocycles. The minimum atomic E-state index is 0.0854. The molecule has 0 aliphatic heterocycles. The Labute approximate surface area is 165 Å². The first-order valence-corrected chi connectivity index (χ1v) is 9.14. The van der Waals surface area contributed by atoms with Crippen molar-refractivity contribution in [3.05, 3.63) is 72.1 Å². The molecule has 0 radical (unpaired) electrons. The average Bonchev–Trinajstić information content (AvgIpc) is 3.21. The van der Waals surface area contributed by atoms with Gasteiger partial charge in [0.05, 0.1) is 26.1 Å². The van der Waals surface area contributed by atoms with Crippen LogP contribution in [0.5, 0.6) is 11.5 Å². The van der Waals surface area contributed by atoms with Crippen LogP contribution in [0.1, 0.15) is 17.5 Å². The molecule has 6 nitrogen and oxygen atoms in total. The Hall–Kier alpha value is -3.28. The van der Waals surface area contributed by atoms with Crippen molar-refractivity contribution in [2.45, 2.75) is 19.4 Å². The number of amides is 1. The van der Waals surface area contributed by atoms with Gasteiger partial charge in [0, 0.05) is 26.2 Å². The lowest BCUT2D eigenvalue weighted by Crippen LogP contribution is -2.26. The van der Waals surface area contributed by atoms with Crippen molar-refractivity contribution in [2.75, 3.05) is 21.3 Å². The topological polar surface area (TPSA) is 56.6 Å². The number of carbonyl (C=O) groups is 1. The maximum Gasteiger partial charge on any atom is 0.222 e. The molecule has 0 N–H and O–H groups in total. The Kier molecular flexibility index (Phi) is 6.32. The molecule has 6 heteroatoms. The summed E-state index contributed by atoms with van der Waals surface area (Å²) >= 11 is 0. The SMILES string of the molecule is COc1ccc(CN(C)C(=O)CCc2cnn(-c3ccccc3)c2)cc1OC. The van der Waals surface area contributed by atoms with Crippen LogP contribution in [0.4, 0.5) is 0 Å². The number of nitrogens with zero attached hydrogens (tertiary/aromatic N) is 3. The van der Waals surface area contributed by atoms with E-state index in [1.54, 1.807) is 19.1 Å². The molecule has 0 aliphatic rings. The van der Waals surface area contributed by atoms with Crippen LogP contribution in [0.25, 0.3) is 5.69 Å². The fraction of sp³-hybridized carbons (Fsp3) is 0.273. The molecule has 3 rings (SSSR count). The second-order valence-corrected chi connectivity index (χ2v) is 6.57. The molecule has 2 aromatic carbocycles. The van der Waals surface area contributed by atoms with Gasteiger partial charge in [-0.2, -0.15) is 5.10 Å². The van der Waals surface area contributed by atoms with E-state index in [0.29, 0.717) is 30.9 Å². The molecule has 0 aliphatic carbocycles. The van der Waals surface area contributed by atoms with Gasteiger partial charge in [0.1, 0.15) is 0 Å². The van der Waals surface area contributed by atoms with Gasteiger partial charge in [0.25, 0.3) is 0 Å². The Bertz CT molecular complexity index is 922. The van der Waals surface area contributed by atoms with Crippen molar-refractivity contribution in [3.8, 4) is 17.2 Å². The van der Waals surface area contributed by atoms with Crippen LogP contribution in [0.3, 0.4) is 0 Å². The first kappa shape index (κ1) is 19.5. The number of rotatable bonds is 8. The number of aromatic nitrogens is 2. The van der Waals surface area contributed by atoms with Gasteiger partial charge >= 0.3 is 0 Å². The minimum Gasteiger partial charge on any atom is -0.493 e. The number of benzene rings is 2. The van der Waals surface area contributed by atoms with E-state index in [0.717, 1.165) is 16.8 Å². The largest absolute Gasteiger partial charge is 0.493 e. The fourth-order valence-corrected chi connectivity index (χ4v) is 2.99. The molecule has 0 saturated heterocycles. The lowest BCUT2D eigenvalue weighted by molar-refractivity contribution is -0.130. The number of methoxy groups -OCH3 is 2. The summed E-state index contributed by atoms with van der Waals surface area (Å²) in [6.45, 7) is 0.516. The molecule has 28 heavy (non-hydrogen) atoms. The predicted octanol–water partition coefficient (Wildman–Crippen LogP) is 3.48. The van der Waals surface area contributed by atoms with E-state index < -0.39 is 0 Å². The van der Waals surface area contributed by atoms with Crippen molar-refractivity contribution in [3.63, 3.8) is 0 Å². The van der Waals surface area contributed by atoms with Gasteiger partial charge in [-0.25, -0.2) is 4.68 Å². The van der Waals surface area contributed by atoms with Gasteiger partial charge in [-0.3, -0.25) is 4.79 Å². The second-order valence-electron chi connectivity index (χ2n) is 6.57. The van der Waals surface area contributed by atoms with Gasteiger partial charge in [-0.1, -0.05) is 24.3 Å². The van der Waals surface area contributed by atoms with E-state index in [4.69, 9.17) is 9.47 Å². The van der Waals surface area contributed by atoms with Crippen molar-refractivity contribution < 1.29 is 14.3 Å². The summed E-state index contributed by atoms with van der Waals surface area (Å²) in [5.41, 5.74) is 3.03. The summed E-state index contributed by atoms with van der Waals surface area (Å²) in [5, 5.41) is 4.38. The number of hydrogen-bond donors (Lipinski definition) is 0. The Balaban J connectivity index is 1.56. The van der Waals surface area contributed by atoms with E-state index in [2.05, 4.69) is 5.10 Å². The number of carbonyl (C=O) groups excluding carboxylic acids is 1. The quantitative estimate of drug-likeness (QED) is 0.601. The normalized spacial score (nSPS) is 10.5. The van der Waals surface area contributed by atoms with Crippen LogP contribution < -0.4 is 9.47 Å². The summed E-state index contributed by atoms with van der Waals surface area (Å²) in [6.07, 6.45) is 4.87. The Morgan fingerprint density at radius 3 is 2.50 bits per heavy atom. The van der Waals surface area contributed by atoms with Crippen LogP contribution in [0.15, 0.2) is 60.9 Å². The standard InChI is InChI=1S/C22H25N3O3/c1-24(15-17-9-11-20(27-2)21(13-17)28-3)22(26)12-10-18-14-23-25(16-18)19-7-5-4-6-8-19/h4-9,11,13-14,16H,10,12,15H2,1-3H3. The van der Waals surface area contributed by atoms with E-state index in [9.17, 15) is 4.79 Å².